The van der Waals surface area contributed by atoms with Crippen LogP contribution < -0.4 is 19.1 Å². The Labute approximate surface area is 275 Å². The molecule has 1 atom stereocenters. The molecule has 0 saturated heterocycles. The van der Waals surface area contributed by atoms with Crippen LogP contribution in [0.15, 0.2) is 108 Å². The van der Waals surface area contributed by atoms with Crippen molar-refractivity contribution in [1.29, 1.82) is 0 Å². The number of ether oxygens (including phenoxy) is 2. The summed E-state index contributed by atoms with van der Waals surface area (Å²) in [5.41, 5.74) is 1.79. The summed E-state index contributed by atoms with van der Waals surface area (Å²) >= 11 is 6.14. The SMILES string of the molecule is COc1ccc(S(=O)(=O)N(CC(=O)N(Cc2cccc(OC)c2)[C@H](Cc2ccccc2)C(=O)NC(C)C)c2ccc(Cl)cc2)cc1. The normalized spacial score (nSPS) is 11.9. The molecule has 9 nitrogen and oxygen atoms in total. The van der Waals surface area contributed by atoms with Crippen molar-refractivity contribution in [3.63, 3.8) is 0 Å². The van der Waals surface area contributed by atoms with E-state index in [-0.39, 0.29) is 35.5 Å². The number of carbonyl (C=O) groups is 2. The average molecular weight is 664 g/mol. The fourth-order valence-electron chi connectivity index (χ4n) is 4.91. The molecule has 0 spiro atoms. The van der Waals surface area contributed by atoms with Crippen molar-refractivity contribution in [3.8, 4) is 11.5 Å². The van der Waals surface area contributed by atoms with Gasteiger partial charge in [0.25, 0.3) is 10.0 Å². The third kappa shape index (κ3) is 8.80. The number of anilines is 1. The first-order valence-electron chi connectivity index (χ1n) is 14.7. The summed E-state index contributed by atoms with van der Waals surface area (Å²) in [6, 6.07) is 27.5. The second-order valence-electron chi connectivity index (χ2n) is 10.9. The van der Waals surface area contributed by atoms with Crippen LogP contribution >= 0.6 is 11.6 Å². The smallest absolute Gasteiger partial charge is 0.264 e. The lowest BCUT2D eigenvalue weighted by molar-refractivity contribution is -0.140. The van der Waals surface area contributed by atoms with Crippen LogP contribution in [0.1, 0.15) is 25.0 Å². The molecule has 0 aromatic heterocycles. The predicted molar refractivity (Wildman–Crippen MR) is 180 cm³/mol. The number of rotatable bonds is 14. The van der Waals surface area contributed by atoms with Crippen LogP contribution in [-0.4, -0.2) is 58.0 Å². The van der Waals surface area contributed by atoms with Crippen molar-refractivity contribution >= 4 is 39.1 Å². The highest BCUT2D eigenvalue weighted by molar-refractivity contribution is 7.92. The van der Waals surface area contributed by atoms with Crippen LogP contribution in [-0.2, 0) is 32.6 Å². The minimum Gasteiger partial charge on any atom is -0.497 e. The Morgan fingerprint density at radius 2 is 1.43 bits per heavy atom. The van der Waals surface area contributed by atoms with Crippen LogP contribution in [0.3, 0.4) is 0 Å². The number of benzene rings is 4. The zero-order chi connectivity index (χ0) is 33.3. The summed E-state index contributed by atoms with van der Waals surface area (Å²) in [7, 11) is -1.23. The molecule has 0 unspecified atom stereocenters. The van der Waals surface area contributed by atoms with Crippen molar-refractivity contribution in [2.75, 3.05) is 25.1 Å². The Balaban J connectivity index is 1.81. The molecule has 4 aromatic rings. The number of halogens is 1. The minimum absolute atomic E-state index is 0.0239. The van der Waals surface area contributed by atoms with Gasteiger partial charge in [0, 0.05) is 24.0 Å². The van der Waals surface area contributed by atoms with Gasteiger partial charge in [-0.1, -0.05) is 54.1 Å². The molecule has 242 valence electrons. The molecule has 4 aromatic carbocycles. The van der Waals surface area contributed by atoms with Crippen LogP contribution in [0.25, 0.3) is 0 Å². The number of amides is 2. The molecule has 0 saturated carbocycles. The largest absolute Gasteiger partial charge is 0.497 e. The van der Waals surface area contributed by atoms with Crippen molar-refractivity contribution in [2.24, 2.45) is 0 Å². The average Bonchev–Trinajstić information content (AvgIpc) is 3.05. The summed E-state index contributed by atoms with van der Waals surface area (Å²) in [6.45, 7) is 3.13. The van der Waals surface area contributed by atoms with Gasteiger partial charge < -0.3 is 19.7 Å². The highest BCUT2D eigenvalue weighted by Gasteiger charge is 2.35. The Kier molecular flexibility index (Phi) is 11.7. The van der Waals surface area contributed by atoms with Gasteiger partial charge in [0.15, 0.2) is 0 Å². The van der Waals surface area contributed by atoms with E-state index in [1.807, 2.05) is 50.2 Å². The molecule has 0 aliphatic heterocycles. The Bertz CT molecular complexity index is 1720. The van der Waals surface area contributed by atoms with Gasteiger partial charge in [-0.3, -0.25) is 13.9 Å². The fraction of sp³-hybridized carbons (Fsp3) is 0.257. The van der Waals surface area contributed by atoms with Gasteiger partial charge in [0.2, 0.25) is 11.8 Å². The van der Waals surface area contributed by atoms with Gasteiger partial charge in [-0.25, -0.2) is 8.42 Å². The number of sulfonamides is 1. The number of carbonyl (C=O) groups excluding carboxylic acids is 2. The van der Waals surface area contributed by atoms with Gasteiger partial charge >= 0.3 is 0 Å². The van der Waals surface area contributed by atoms with Crippen molar-refractivity contribution in [1.82, 2.24) is 10.2 Å². The molecular formula is C35H38ClN3O6S. The number of hydrogen-bond acceptors (Lipinski definition) is 6. The standard InChI is InChI=1S/C35H38ClN3O6S/c1-25(2)37-35(41)33(22-26-9-6-5-7-10-26)38(23-27-11-8-12-31(21-27)45-4)34(40)24-39(29-15-13-28(36)14-16-29)46(42,43)32-19-17-30(44-3)18-20-32/h5-21,25,33H,22-24H2,1-4H3,(H,37,41)/t33-/m1/s1. The molecule has 2 amide bonds. The third-order valence-corrected chi connectivity index (χ3v) is 9.27. The fourth-order valence-corrected chi connectivity index (χ4v) is 6.45. The van der Waals surface area contributed by atoms with E-state index in [9.17, 15) is 18.0 Å². The topological polar surface area (TPSA) is 105 Å². The Morgan fingerprint density at radius 1 is 0.804 bits per heavy atom. The maximum atomic E-state index is 14.5. The molecule has 1 N–H and O–H groups in total. The zero-order valence-electron chi connectivity index (χ0n) is 26.2. The van der Waals surface area contributed by atoms with Gasteiger partial charge in [-0.15, -0.1) is 0 Å². The van der Waals surface area contributed by atoms with E-state index in [1.165, 1.54) is 48.4 Å². The second kappa shape index (κ2) is 15.6. The molecule has 46 heavy (non-hydrogen) atoms. The van der Waals surface area contributed by atoms with Crippen molar-refractivity contribution in [2.45, 2.75) is 43.8 Å². The maximum Gasteiger partial charge on any atom is 0.264 e. The third-order valence-electron chi connectivity index (χ3n) is 7.23. The number of nitrogens with one attached hydrogen (secondary N) is 1. The molecule has 4 rings (SSSR count). The number of hydrogen-bond donors (Lipinski definition) is 1. The van der Waals surface area contributed by atoms with Gasteiger partial charge in [0.05, 0.1) is 24.8 Å². The first-order chi connectivity index (χ1) is 22.0. The molecule has 0 aliphatic rings. The highest BCUT2D eigenvalue weighted by atomic mass is 35.5. The van der Waals surface area contributed by atoms with E-state index < -0.39 is 28.5 Å². The molecular weight excluding hydrogens is 626 g/mol. The van der Waals surface area contributed by atoms with Crippen LogP contribution in [0.4, 0.5) is 5.69 Å². The Hall–Kier alpha value is -4.54. The quantitative estimate of drug-likeness (QED) is 0.185. The summed E-state index contributed by atoms with van der Waals surface area (Å²) in [5, 5.41) is 3.36. The molecule has 11 heteroatoms. The molecule has 0 bridgehead atoms. The van der Waals surface area contributed by atoms with E-state index in [0.717, 1.165) is 9.87 Å². The van der Waals surface area contributed by atoms with E-state index in [2.05, 4.69) is 5.32 Å². The molecule has 0 aliphatic carbocycles. The summed E-state index contributed by atoms with van der Waals surface area (Å²) < 4.78 is 39.9. The van der Waals surface area contributed by atoms with Gasteiger partial charge in [-0.05, 0) is 85.6 Å². The monoisotopic (exact) mass is 663 g/mol. The van der Waals surface area contributed by atoms with E-state index in [4.69, 9.17) is 21.1 Å². The van der Waals surface area contributed by atoms with Crippen LogP contribution in [0.5, 0.6) is 11.5 Å². The van der Waals surface area contributed by atoms with Crippen LogP contribution in [0, 0.1) is 0 Å². The highest BCUT2D eigenvalue weighted by Crippen LogP contribution is 2.28. The van der Waals surface area contributed by atoms with Crippen LogP contribution in [0.2, 0.25) is 5.02 Å². The minimum atomic E-state index is -4.26. The van der Waals surface area contributed by atoms with E-state index in [0.29, 0.717) is 22.1 Å². The van der Waals surface area contributed by atoms with E-state index in [1.54, 1.807) is 37.4 Å². The molecule has 0 fully saturated rings. The lowest BCUT2D eigenvalue weighted by atomic mass is 10.0. The summed E-state index contributed by atoms with van der Waals surface area (Å²) in [5.74, 6) is 0.138. The lowest BCUT2D eigenvalue weighted by Crippen LogP contribution is -2.54. The molecule has 0 heterocycles. The molecule has 0 radical (unpaired) electrons. The first-order valence-corrected chi connectivity index (χ1v) is 16.5. The second-order valence-corrected chi connectivity index (χ2v) is 13.2. The zero-order valence-corrected chi connectivity index (χ0v) is 27.8. The summed E-state index contributed by atoms with van der Waals surface area (Å²) in [4.78, 5) is 29.7. The van der Waals surface area contributed by atoms with Crippen molar-refractivity contribution in [3.05, 3.63) is 119 Å². The number of methoxy groups -OCH3 is 2. The maximum absolute atomic E-state index is 14.5. The van der Waals surface area contributed by atoms with Crippen molar-refractivity contribution < 1.29 is 27.5 Å². The van der Waals surface area contributed by atoms with Gasteiger partial charge in [-0.2, -0.15) is 0 Å². The summed E-state index contributed by atoms with van der Waals surface area (Å²) in [6.07, 6.45) is 0.210. The first kappa shape index (κ1) is 34.3. The van der Waals surface area contributed by atoms with E-state index >= 15 is 0 Å². The lowest BCUT2D eigenvalue weighted by Gasteiger charge is -2.34. The van der Waals surface area contributed by atoms with Gasteiger partial charge in [0.1, 0.15) is 24.1 Å². The Morgan fingerprint density at radius 3 is 2.04 bits per heavy atom. The predicted octanol–water partition coefficient (Wildman–Crippen LogP) is 5.72. The number of nitrogens with zero attached hydrogens (tertiary/aromatic N) is 2.